The van der Waals surface area contributed by atoms with Crippen molar-refractivity contribution in [2.75, 3.05) is 50.6 Å². The fourth-order valence-electron chi connectivity index (χ4n) is 4.55. The molecule has 42 heavy (non-hydrogen) atoms. The summed E-state index contributed by atoms with van der Waals surface area (Å²) < 4.78 is 26.5. The van der Waals surface area contributed by atoms with E-state index in [9.17, 15) is 14.3 Å². The van der Waals surface area contributed by atoms with Gasteiger partial charge in [-0.1, -0.05) is 26.8 Å². The van der Waals surface area contributed by atoms with Crippen LogP contribution < -0.4 is 20.1 Å². The van der Waals surface area contributed by atoms with Gasteiger partial charge in [0.1, 0.15) is 24.5 Å². The lowest BCUT2D eigenvalue weighted by Crippen LogP contribution is -2.36. The Balaban J connectivity index is 1.39. The first-order valence-electron chi connectivity index (χ1n) is 13.8. The first-order valence-corrected chi connectivity index (χ1v) is 13.8. The maximum Gasteiger partial charge on any atom is 0.246 e. The molecule has 11 nitrogen and oxygen atoms in total. The molecule has 0 spiro atoms. The Morgan fingerprint density at radius 3 is 2.69 bits per heavy atom. The first-order chi connectivity index (χ1) is 20.1. The van der Waals surface area contributed by atoms with Crippen LogP contribution in [-0.4, -0.2) is 75.6 Å². The monoisotopic (exact) mass is 579 g/mol. The smallest absolute Gasteiger partial charge is 0.246 e. The molecule has 2 aromatic carbocycles. The van der Waals surface area contributed by atoms with Gasteiger partial charge in [0.2, 0.25) is 5.91 Å². The second kappa shape index (κ2) is 14.1. The summed E-state index contributed by atoms with van der Waals surface area (Å²) in [5, 5.41) is 20.2. The number of carbonyl (C=O) groups is 1. The van der Waals surface area contributed by atoms with E-state index in [4.69, 9.17) is 9.47 Å². The minimum atomic E-state index is -0.428. The van der Waals surface area contributed by atoms with Crippen LogP contribution in [0.15, 0.2) is 55.1 Å². The zero-order valence-electron chi connectivity index (χ0n) is 24.4. The minimum absolute atomic E-state index is 0.0504. The van der Waals surface area contributed by atoms with Gasteiger partial charge in [0.15, 0.2) is 11.5 Å². The molecule has 0 radical (unpaired) electrons. The van der Waals surface area contributed by atoms with Gasteiger partial charge in [-0.05, 0) is 36.1 Å². The summed E-state index contributed by atoms with van der Waals surface area (Å²) >= 11 is 0. The second-order valence-corrected chi connectivity index (χ2v) is 11.1. The molecule has 1 amide bonds. The third-order valence-corrected chi connectivity index (χ3v) is 6.22. The number of ether oxygens (including phenoxy) is 2. The highest BCUT2D eigenvalue weighted by molar-refractivity contribution is 5.93. The molecule has 4 rings (SSSR count). The highest BCUT2D eigenvalue weighted by Crippen LogP contribution is 2.34. The van der Waals surface area contributed by atoms with Gasteiger partial charge in [-0.15, -0.1) is 0 Å². The Kier molecular flexibility index (Phi) is 10.3. The third-order valence-electron chi connectivity index (χ3n) is 6.22. The van der Waals surface area contributed by atoms with Gasteiger partial charge >= 0.3 is 0 Å². The fraction of sp³-hybridized carbons (Fsp3) is 0.400. The maximum absolute atomic E-state index is 13.4. The molecule has 2 heterocycles. The third kappa shape index (κ3) is 8.85. The summed E-state index contributed by atoms with van der Waals surface area (Å²) in [5.41, 5.74) is 1.80. The maximum atomic E-state index is 13.4. The molecular weight excluding hydrogens is 541 g/mol. The van der Waals surface area contributed by atoms with E-state index in [-0.39, 0.29) is 24.5 Å². The van der Waals surface area contributed by atoms with Crippen molar-refractivity contribution >= 4 is 34.0 Å². The lowest BCUT2D eigenvalue weighted by Gasteiger charge is -2.29. The quantitative estimate of drug-likeness (QED) is 0.186. The van der Waals surface area contributed by atoms with Crippen molar-refractivity contribution in [1.82, 2.24) is 24.6 Å². The van der Waals surface area contributed by atoms with Gasteiger partial charge in [0, 0.05) is 43.0 Å². The Hall–Kier alpha value is -4.29. The van der Waals surface area contributed by atoms with E-state index in [0.717, 1.165) is 24.9 Å². The fourth-order valence-corrected chi connectivity index (χ4v) is 4.55. The molecule has 12 heteroatoms. The van der Waals surface area contributed by atoms with E-state index in [2.05, 4.69) is 51.4 Å². The molecule has 2 aromatic heterocycles. The van der Waals surface area contributed by atoms with Crippen LogP contribution in [-0.2, 0) is 11.3 Å². The van der Waals surface area contributed by atoms with Crippen molar-refractivity contribution in [3.8, 4) is 11.5 Å². The highest BCUT2D eigenvalue weighted by atomic mass is 19.1. The zero-order chi connectivity index (χ0) is 30.1. The predicted octanol–water partition coefficient (Wildman–Crippen LogP) is 4.47. The number of nitrogens with zero attached hydrogens (tertiary/aromatic N) is 5. The van der Waals surface area contributed by atoms with E-state index in [1.54, 1.807) is 25.6 Å². The topological polar surface area (TPSA) is 127 Å². The molecule has 0 saturated carbocycles. The summed E-state index contributed by atoms with van der Waals surface area (Å²) in [5.74, 6) is 0.900. The van der Waals surface area contributed by atoms with Crippen LogP contribution in [0.3, 0.4) is 0 Å². The van der Waals surface area contributed by atoms with Crippen molar-refractivity contribution < 1.29 is 23.8 Å². The molecule has 0 unspecified atom stereocenters. The average molecular weight is 580 g/mol. The molecule has 0 bridgehead atoms. The molecule has 0 saturated heterocycles. The lowest BCUT2D eigenvalue weighted by atomic mass is 9.96. The van der Waals surface area contributed by atoms with E-state index in [0.29, 0.717) is 47.4 Å². The molecule has 4 aromatic rings. The Morgan fingerprint density at radius 2 is 1.95 bits per heavy atom. The number of benzene rings is 2. The number of hydrogen-bond donors (Lipinski definition) is 3. The Bertz CT molecular complexity index is 1490. The van der Waals surface area contributed by atoms with Crippen LogP contribution >= 0.6 is 0 Å². The van der Waals surface area contributed by atoms with Gasteiger partial charge in [0.25, 0.3) is 0 Å². The SMILES string of the molecule is COc1cc2c(Nc3cnn(CC(=O)Nc4cccc(F)c4)c3)ncnc2cc1OCCCN(CCO)CC(C)(C)C. The number of amides is 1. The van der Waals surface area contributed by atoms with E-state index in [1.165, 1.54) is 29.2 Å². The summed E-state index contributed by atoms with van der Waals surface area (Å²) in [6.07, 6.45) is 5.50. The van der Waals surface area contributed by atoms with Crippen LogP contribution in [0.2, 0.25) is 0 Å². The number of hydrogen-bond acceptors (Lipinski definition) is 9. The van der Waals surface area contributed by atoms with E-state index < -0.39 is 5.82 Å². The minimum Gasteiger partial charge on any atom is -0.493 e. The van der Waals surface area contributed by atoms with Crippen molar-refractivity contribution in [3.05, 3.63) is 60.9 Å². The summed E-state index contributed by atoms with van der Waals surface area (Å²) in [4.78, 5) is 23.4. The van der Waals surface area contributed by atoms with Crippen LogP contribution in [0.4, 0.5) is 21.6 Å². The van der Waals surface area contributed by atoms with Crippen molar-refractivity contribution in [2.45, 2.75) is 33.7 Å². The molecule has 0 aliphatic carbocycles. The first kappa shape index (κ1) is 30.7. The number of carbonyl (C=O) groups excluding carboxylic acids is 1. The number of aliphatic hydroxyl groups excluding tert-OH is 1. The lowest BCUT2D eigenvalue weighted by molar-refractivity contribution is -0.116. The number of rotatable bonds is 14. The molecule has 0 aliphatic rings. The average Bonchev–Trinajstić information content (AvgIpc) is 3.36. The zero-order valence-corrected chi connectivity index (χ0v) is 24.4. The molecule has 0 aliphatic heterocycles. The molecular formula is C30H38FN7O4. The number of aliphatic hydroxyl groups is 1. The Labute approximate surface area is 244 Å². The second-order valence-electron chi connectivity index (χ2n) is 11.1. The summed E-state index contributed by atoms with van der Waals surface area (Å²) in [6, 6.07) is 9.34. The highest BCUT2D eigenvalue weighted by Gasteiger charge is 2.17. The summed E-state index contributed by atoms with van der Waals surface area (Å²) in [7, 11) is 1.58. The molecule has 224 valence electrons. The normalized spacial score (nSPS) is 11.6. The Morgan fingerprint density at radius 1 is 1.12 bits per heavy atom. The van der Waals surface area contributed by atoms with Crippen LogP contribution in [0.5, 0.6) is 11.5 Å². The van der Waals surface area contributed by atoms with Gasteiger partial charge in [-0.3, -0.25) is 9.48 Å². The van der Waals surface area contributed by atoms with Crippen molar-refractivity contribution in [1.29, 1.82) is 0 Å². The number of methoxy groups -OCH3 is 1. The van der Waals surface area contributed by atoms with E-state index in [1.807, 2.05) is 12.1 Å². The predicted molar refractivity (Wildman–Crippen MR) is 160 cm³/mol. The van der Waals surface area contributed by atoms with Gasteiger partial charge in [0.05, 0.1) is 37.7 Å². The number of halogens is 1. The van der Waals surface area contributed by atoms with Crippen LogP contribution in [0.25, 0.3) is 10.9 Å². The summed E-state index contributed by atoms with van der Waals surface area (Å²) in [6.45, 7) is 9.43. The van der Waals surface area contributed by atoms with Crippen molar-refractivity contribution in [3.63, 3.8) is 0 Å². The van der Waals surface area contributed by atoms with Gasteiger partial charge < -0.3 is 30.1 Å². The number of anilines is 3. The van der Waals surface area contributed by atoms with E-state index >= 15 is 0 Å². The molecule has 0 atom stereocenters. The van der Waals surface area contributed by atoms with Gasteiger partial charge in [-0.25, -0.2) is 14.4 Å². The molecule has 3 N–H and O–H groups in total. The number of fused-ring (bicyclic) bond motifs is 1. The van der Waals surface area contributed by atoms with Gasteiger partial charge in [-0.2, -0.15) is 5.10 Å². The largest absolute Gasteiger partial charge is 0.493 e. The number of aromatic nitrogens is 4. The van der Waals surface area contributed by atoms with Crippen LogP contribution in [0, 0.1) is 11.2 Å². The standard InChI is InChI=1S/C30H38FN7O4/c1-30(2,3)19-37(10-11-39)9-6-12-42-27-15-25-24(14-26(27)41-4)29(33-20-32-25)36-23-16-34-38(17-23)18-28(40)35-22-8-5-7-21(31)13-22/h5,7-8,13-17,20,39H,6,9-12,18-19H2,1-4H3,(H,35,40)(H,32,33,36). The number of nitrogens with one attached hydrogen (secondary N) is 2. The van der Waals surface area contributed by atoms with Crippen LogP contribution in [0.1, 0.15) is 27.2 Å². The molecule has 0 fully saturated rings. The van der Waals surface area contributed by atoms with Crippen molar-refractivity contribution in [2.24, 2.45) is 5.41 Å².